The maximum atomic E-state index is 13.1. The van der Waals surface area contributed by atoms with Crippen molar-refractivity contribution in [2.45, 2.75) is 50.6 Å². The molecule has 0 bridgehead atoms. The average molecular weight is 510 g/mol. The summed E-state index contributed by atoms with van der Waals surface area (Å²) in [6.07, 6.45) is 0.987. The fraction of sp³-hybridized carbons (Fsp3) is 0.417. The maximum Gasteiger partial charge on any atom is 0.242 e. The third kappa shape index (κ3) is 8.39. The van der Waals surface area contributed by atoms with Crippen LogP contribution in [0.15, 0.2) is 53.4 Å². The van der Waals surface area contributed by atoms with E-state index < -0.39 is 16.1 Å². The zero-order valence-corrected chi connectivity index (χ0v) is 21.0. The molecule has 0 aliphatic rings. The van der Waals surface area contributed by atoms with E-state index in [1.165, 1.54) is 17.0 Å². The Kier molecular flexibility index (Phi) is 11.0. The highest BCUT2D eigenvalue weighted by molar-refractivity contribution is 7.89. The van der Waals surface area contributed by atoms with Gasteiger partial charge in [0.2, 0.25) is 21.8 Å². The number of benzene rings is 2. The predicted octanol–water partition coefficient (Wildman–Crippen LogP) is 2.49. The molecular formula is C24H32ClN3O5S. The van der Waals surface area contributed by atoms with Gasteiger partial charge in [-0.15, -0.1) is 0 Å². The number of hydrogen-bond donors (Lipinski definition) is 3. The highest BCUT2D eigenvalue weighted by atomic mass is 35.5. The molecule has 2 aromatic carbocycles. The lowest BCUT2D eigenvalue weighted by Gasteiger charge is -2.29. The van der Waals surface area contributed by atoms with Crippen LogP contribution in [-0.2, 0) is 32.6 Å². The van der Waals surface area contributed by atoms with Gasteiger partial charge in [-0.05, 0) is 55.2 Å². The highest BCUT2D eigenvalue weighted by Crippen LogP contribution is 2.16. The largest absolute Gasteiger partial charge is 0.396 e. The summed E-state index contributed by atoms with van der Waals surface area (Å²) in [6.45, 7) is 4.21. The summed E-state index contributed by atoms with van der Waals surface area (Å²) in [7, 11) is -3.53. The summed E-state index contributed by atoms with van der Waals surface area (Å²) in [5.74, 6) is -0.502. The molecule has 0 radical (unpaired) electrons. The van der Waals surface area contributed by atoms with Gasteiger partial charge in [-0.25, -0.2) is 13.1 Å². The van der Waals surface area contributed by atoms with Crippen LogP contribution in [0.2, 0.25) is 5.02 Å². The van der Waals surface area contributed by atoms with E-state index in [1.807, 2.05) is 12.1 Å². The Morgan fingerprint density at radius 2 is 1.68 bits per heavy atom. The molecule has 2 amide bonds. The van der Waals surface area contributed by atoms with Crippen molar-refractivity contribution in [1.29, 1.82) is 0 Å². The number of carbonyl (C=O) groups is 2. The van der Waals surface area contributed by atoms with E-state index >= 15 is 0 Å². The number of hydrogen-bond acceptors (Lipinski definition) is 5. The molecule has 0 saturated heterocycles. The van der Waals surface area contributed by atoms with Crippen LogP contribution in [0.3, 0.4) is 0 Å². The van der Waals surface area contributed by atoms with Crippen LogP contribution in [0.5, 0.6) is 0 Å². The molecular weight excluding hydrogens is 478 g/mol. The van der Waals surface area contributed by atoms with Gasteiger partial charge in [-0.2, -0.15) is 0 Å². The number of aliphatic hydroxyl groups excluding tert-OH is 1. The second-order valence-corrected chi connectivity index (χ2v) is 10.0. The third-order valence-corrected chi connectivity index (χ3v) is 7.08. The van der Waals surface area contributed by atoms with Crippen molar-refractivity contribution in [2.75, 3.05) is 19.7 Å². The van der Waals surface area contributed by atoms with Gasteiger partial charge < -0.3 is 15.3 Å². The number of carbonyl (C=O) groups excluding carboxylic acids is 2. The number of nitrogens with one attached hydrogen (secondary N) is 2. The number of nitrogens with zero attached hydrogens (tertiary/aromatic N) is 1. The summed E-state index contributed by atoms with van der Waals surface area (Å²) < 4.78 is 26.6. The number of sulfonamides is 1. The van der Waals surface area contributed by atoms with Crippen LogP contribution in [0.1, 0.15) is 37.8 Å². The maximum absolute atomic E-state index is 13.1. The van der Waals surface area contributed by atoms with E-state index in [4.69, 9.17) is 16.7 Å². The van der Waals surface area contributed by atoms with Gasteiger partial charge >= 0.3 is 0 Å². The van der Waals surface area contributed by atoms with Crippen molar-refractivity contribution in [2.24, 2.45) is 0 Å². The zero-order chi connectivity index (χ0) is 25.1. The standard InChI is InChI=1S/C24H32ClN3O5S/c1-3-27-34(32,33)22-12-7-19(8-13-22)9-14-23(30)28(17-20-5-10-21(25)11-6-20)18(2)24(31)26-15-4-16-29/h5-8,10-13,18,27,29H,3-4,9,14-17H2,1-2H3,(H,26,31)/t18-/m0/s1. The monoisotopic (exact) mass is 509 g/mol. The molecule has 2 aromatic rings. The molecule has 8 nitrogen and oxygen atoms in total. The van der Waals surface area contributed by atoms with E-state index in [2.05, 4.69) is 10.0 Å². The van der Waals surface area contributed by atoms with Crippen LogP contribution in [-0.4, -0.2) is 56.0 Å². The van der Waals surface area contributed by atoms with Crippen molar-refractivity contribution in [1.82, 2.24) is 14.9 Å². The van der Waals surface area contributed by atoms with Gasteiger partial charge in [-0.1, -0.05) is 42.8 Å². The van der Waals surface area contributed by atoms with Crippen LogP contribution >= 0.6 is 11.6 Å². The normalized spacial score (nSPS) is 12.2. The summed E-state index contributed by atoms with van der Waals surface area (Å²) in [5.41, 5.74) is 1.65. The quantitative estimate of drug-likeness (QED) is 0.359. The highest BCUT2D eigenvalue weighted by Gasteiger charge is 2.25. The Hall–Kier alpha value is -2.46. The smallest absolute Gasteiger partial charge is 0.242 e. The van der Waals surface area contributed by atoms with E-state index in [0.717, 1.165) is 11.1 Å². The van der Waals surface area contributed by atoms with Crippen LogP contribution in [0.4, 0.5) is 0 Å². The van der Waals surface area contributed by atoms with Gasteiger partial charge in [0.05, 0.1) is 4.90 Å². The van der Waals surface area contributed by atoms with Crippen molar-refractivity contribution in [3.8, 4) is 0 Å². The number of aliphatic hydroxyl groups is 1. The molecule has 0 fully saturated rings. The topological polar surface area (TPSA) is 116 Å². The van der Waals surface area contributed by atoms with Crippen molar-refractivity contribution in [3.63, 3.8) is 0 Å². The summed E-state index contributed by atoms with van der Waals surface area (Å²) >= 11 is 5.96. The fourth-order valence-corrected chi connectivity index (χ4v) is 4.48. The Bertz CT molecular complexity index is 1040. The van der Waals surface area contributed by atoms with E-state index in [1.54, 1.807) is 38.1 Å². The number of amides is 2. The fourth-order valence-electron chi connectivity index (χ4n) is 3.31. The van der Waals surface area contributed by atoms with Gasteiger partial charge in [0.1, 0.15) is 6.04 Å². The molecule has 2 rings (SSSR count). The van der Waals surface area contributed by atoms with E-state index in [-0.39, 0.29) is 36.3 Å². The minimum atomic E-state index is -3.53. The van der Waals surface area contributed by atoms with Crippen LogP contribution in [0.25, 0.3) is 0 Å². The first-order valence-corrected chi connectivity index (χ1v) is 13.0. The molecule has 10 heteroatoms. The number of aryl methyl sites for hydroxylation is 1. The first-order valence-electron chi connectivity index (χ1n) is 11.2. The molecule has 0 aliphatic carbocycles. The molecule has 186 valence electrons. The van der Waals surface area contributed by atoms with Gasteiger partial charge in [0, 0.05) is 37.7 Å². The Morgan fingerprint density at radius 1 is 1.06 bits per heavy atom. The summed E-state index contributed by atoms with van der Waals surface area (Å²) in [5, 5.41) is 12.3. The molecule has 0 aromatic heterocycles. The minimum absolute atomic E-state index is 0.0311. The van der Waals surface area contributed by atoms with Crippen LogP contribution < -0.4 is 10.0 Å². The molecule has 0 saturated carbocycles. The first-order chi connectivity index (χ1) is 16.2. The molecule has 0 unspecified atom stereocenters. The van der Waals surface area contributed by atoms with E-state index in [9.17, 15) is 18.0 Å². The molecule has 34 heavy (non-hydrogen) atoms. The number of rotatable bonds is 13. The molecule has 0 heterocycles. The lowest BCUT2D eigenvalue weighted by Crippen LogP contribution is -2.47. The van der Waals surface area contributed by atoms with Gasteiger partial charge in [-0.3, -0.25) is 9.59 Å². The molecule has 3 N–H and O–H groups in total. The number of halogens is 1. The lowest BCUT2D eigenvalue weighted by atomic mass is 10.1. The Balaban J connectivity index is 2.10. The Labute approximate surface area is 206 Å². The first kappa shape index (κ1) is 27.8. The summed E-state index contributed by atoms with van der Waals surface area (Å²) in [4.78, 5) is 27.4. The lowest BCUT2D eigenvalue weighted by molar-refractivity contribution is -0.140. The molecule has 1 atom stereocenters. The summed E-state index contributed by atoms with van der Waals surface area (Å²) in [6, 6.07) is 12.8. The van der Waals surface area contributed by atoms with Crippen molar-refractivity contribution in [3.05, 3.63) is 64.7 Å². The molecule has 0 aliphatic heterocycles. The van der Waals surface area contributed by atoms with Crippen molar-refractivity contribution < 1.29 is 23.1 Å². The SMILES string of the molecule is CCNS(=O)(=O)c1ccc(CCC(=O)N(Cc2ccc(Cl)cc2)[C@@H](C)C(=O)NCCCO)cc1. The van der Waals surface area contributed by atoms with Crippen molar-refractivity contribution >= 4 is 33.4 Å². The molecule has 0 spiro atoms. The van der Waals surface area contributed by atoms with Gasteiger partial charge in [0.15, 0.2) is 0 Å². The third-order valence-electron chi connectivity index (χ3n) is 5.26. The zero-order valence-electron chi connectivity index (χ0n) is 19.5. The van der Waals surface area contributed by atoms with Crippen LogP contribution in [0, 0.1) is 0 Å². The van der Waals surface area contributed by atoms with Gasteiger partial charge in [0.25, 0.3) is 0 Å². The Morgan fingerprint density at radius 3 is 2.26 bits per heavy atom. The minimum Gasteiger partial charge on any atom is -0.396 e. The predicted molar refractivity (Wildman–Crippen MR) is 132 cm³/mol. The average Bonchev–Trinajstić information content (AvgIpc) is 2.82. The van der Waals surface area contributed by atoms with E-state index in [0.29, 0.717) is 31.0 Å². The second kappa shape index (κ2) is 13.4. The second-order valence-electron chi connectivity index (χ2n) is 7.84.